The van der Waals surface area contributed by atoms with Crippen LogP contribution < -0.4 is 10.6 Å². The van der Waals surface area contributed by atoms with E-state index in [1.165, 1.54) is 0 Å². The van der Waals surface area contributed by atoms with Gasteiger partial charge in [0.25, 0.3) is 5.91 Å². The number of piperidine rings is 1. The van der Waals surface area contributed by atoms with E-state index in [2.05, 4.69) is 10.6 Å². The van der Waals surface area contributed by atoms with Gasteiger partial charge in [-0.25, -0.2) is 0 Å². The maximum atomic E-state index is 12.6. The van der Waals surface area contributed by atoms with Crippen LogP contribution in [0.3, 0.4) is 0 Å². The molecule has 6 heteroatoms. The summed E-state index contributed by atoms with van der Waals surface area (Å²) in [6, 6.07) is 8.30. The number of rotatable bonds is 5. The summed E-state index contributed by atoms with van der Waals surface area (Å²) in [6.45, 7) is 6.58. The summed E-state index contributed by atoms with van der Waals surface area (Å²) in [4.78, 5) is 38.4. The second kappa shape index (κ2) is 8.65. The zero-order valence-electron chi connectivity index (χ0n) is 15.1. The van der Waals surface area contributed by atoms with Crippen LogP contribution in [0.2, 0.25) is 0 Å². The first-order valence-corrected chi connectivity index (χ1v) is 8.80. The van der Waals surface area contributed by atoms with Crippen molar-refractivity contribution < 1.29 is 14.4 Å². The maximum absolute atomic E-state index is 12.6. The molecule has 0 saturated carbocycles. The smallest absolute Gasteiger partial charge is 0.251 e. The Balaban J connectivity index is 2.09. The minimum atomic E-state index is -0.593. The van der Waals surface area contributed by atoms with E-state index >= 15 is 0 Å². The molecule has 1 heterocycles. The molecule has 25 heavy (non-hydrogen) atoms. The molecule has 1 aliphatic heterocycles. The SMILES string of the molecule is CC(=O)N1CCC([C@H](NC(=O)c2ccccc2)C(=O)NC(C)C)CC1. The van der Waals surface area contributed by atoms with Gasteiger partial charge in [0.1, 0.15) is 6.04 Å². The van der Waals surface area contributed by atoms with Gasteiger partial charge in [0.15, 0.2) is 0 Å². The predicted molar refractivity (Wildman–Crippen MR) is 96.0 cm³/mol. The molecule has 1 saturated heterocycles. The van der Waals surface area contributed by atoms with Crippen LogP contribution in [0.25, 0.3) is 0 Å². The Morgan fingerprint density at radius 1 is 1.04 bits per heavy atom. The van der Waals surface area contributed by atoms with Crippen LogP contribution in [0.15, 0.2) is 30.3 Å². The Morgan fingerprint density at radius 2 is 1.64 bits per heavy atom. The number of carbonyl (C=O) groups excluding carboxylic acids is 3. The van der Waals surface area contributed by atoms with Gasteiger partial charge < -0.3 is 15.5 Å². The first-order valence-electron chi connectivity index (χ1n) is 8.80. The Morgan fingerprint density at radius 3 is 2.16 bits per heavy atom. The summed E-state index contributed by atoms with van der Waals surface area (Å²) in [5.74, 6) is -0.351. The van der Waals surface area contributed by atoms with Crippen molar-refractivity contribution in [3.8, 4) is 0 Å². The van der Waals surface area contributed by atoms with Gasteiger partial charge in [-0.05, 0) is 44.7 Å². The Bertz CT molecular complexity index is 608. The maximum Gasteiger partial charge on any atom is 0.251 e. The number of hydrogen-bond donors (Lipinski definition) is 2. The molecule has 0 radical (unpaired) electrons. The highest BCUT2D eigenvalue weighted by atomic mass is 16.2. The summed E-state index contributed by atoms with van der Waals surface area (Å²) < 4.78 is 0. The average molecular weight is 345 g/mol. The van der Waals surface area contributed by atoms with Crippen molar-refractivity contribution in [3.05, 3.63) is 35.9 Å². The predicted octanol–water partition coefficient (Wildman–Crippen LogP) is 1.57. The topological polar surface area (TPSA) is 78.5 Å². The second-order valence-corrected chi connectivity index (χ2v) is 6.82. The lowest BCUT2D eigenvalue weighted by atomic mass is 9.88. The third-order valence-electron chi connectivity index (χ3n) is 4.49. The van der Waals surface area contributed by atoms with Crippen molar-refractivity contribution in [3.63, 3.8) is 0 Å². The minimum absolute atomic E-state index is 0.000867. The van der Waals surface area contributed by atoms with E-state index < -0.39 is 6.04 Å². The van der Waals surface area contributed by atoms with E-state index in [9.17, 15) is 14.4 Å². The molecular weight excluding hydrogens is 318 g/mol. The van der Waals surface area contributed by atoms with Crippen molar-refractivity contribution in [1.82, 2.24) is 15.5 Å². The molecule has 1 atom stereocenters. The summed E-state index contributed by atoms with van der Waals surface area (Å²) in [5, 5.41) is 5.79. The van der Waals surface area contributed by atoms with Crippen LogP contribution in [0.1, 0.15) is 44.0 Å². The molecule has 0 aromatic heterocycles. The first kappa shape index (κ1) is 19.0. The Hall–Kier alpha value is -2.37. The molecule has 0 unspecified atom stereocenters. The Labute approximate surface area is 149 Å². The van der Waals surface area contributed by atoms with Crippen LogP contribution in [-0.4, -0.2) is 47.8 Å². The van der Waals surface area contributed by atoms with Crippen molar-refractivity contribution in [2.75, 3.05) is 13.1 Å². The highest BCUT2D eigenvalue weighted by Crippen LogP contribution is 2.21. The minimum Gasteiger partial charge on any atom is -0.352 e. The normalized spacial score (nSPS) is 16.4. The van der Waals surface area contributed by atoms with Crippen LogP contribution in [0.4, 0.5) is 0 Å². The van der Waals surface area contributed by atoms with Gasteiger partial charge in [-0.15, -0.1) is 0 Å². The molecular formula is C19H27N3O3. The van der Waals surface area contributed by atoms with Crippen LogP contribution in [-0.2, 0) is 9.59 Å². The van der Waals surface area contributed by atoms with Gasteiger partial charge >= 0.3 is 0 Å². The van der Waals surface area contributed by atoms with E-state index in [0.29, 0.717) is 31.5 Å². The average Bonchev–Trinajstić information content (AvgIpc) is 2.59. The molecule has 3 amide bonds. The number of nitrogens with zero attached hydrogens (tertiary/aromatic N) is 1. The van der Waals surface area contributed by atoms with E-state index in [1.54, 1.807) is 36.1 Å². The van der Waals surface area contributed by atoms with E-state index in [0.717, 1.165) is 0 Å². The lowest BCUT2D eigenvalue weighted by Gasteiger charge is -2.35. The molecule has 1 aromatic rings. The van der Waals surface area contributed by atoms with Gasteiger partial charge in [-0.1, -0.05) is 18.2 Å². The lowest BCUT2D eigenvalue weighted by Crippen LogP contribution is -2.54. The van der Waals surface area contributed by atoms with Gasteiger partial charge in [0, 0.05) is 31.6 Å². The Kier molecular flexibility index (Phi) is 6.56. The summed E-state index contributed by atoms with van der Waals surface area (Å²) in [6.07, 6.45) is 1.40. The van der Waals surface area contributed by atoms with Crippen molar-refractivity contribution >= 4 is 17.7 Å². The molecule has 1 aromatic carbocycles. The second-order valence-electron chi connectivity index (χ2n) is 6.82. The summed E-state index contributed by atoms with van der Waals surface area (Å²) in [7, 11) is 0. The molecule has 1 fully saturated rings. The third kappa shape index (κ3) is 5.31. The molecule has 0 bridgehead atoms. The fourth-order valence-electron chi connectivity index (χ4n) is 3.13. The number of likely N-dealkylation sites (tertiary alicyclic amines) is 1. The fraction of sp³-hybridized carbons (Fsp3) is 0.526. The number of hydrogen-bond acceptors (Lipinski definition) is 3. The number of benzene rings is 1. The molecule has 2 rings (SSSR count). The lowest BCUT2D eigenvalue weighted by molar-refractivity contribution is -0.130. The van der Waals surface area contributed by atoms with Crippen molar-refractivity contribution in [2.24, 2.45) is 5.92 Å². The number of carbonyl (C=O) groups is 3. The van der Waals surface area contributed by atoms with Gasteiger partial charge in [-0.2, -0.15) is 0 Å². The fourth-order valence-corrected chi connectivity index (χ4v) is 3.13. The highest BCUT2D eigenvalue weighted by Gasteiger charge is 2.33. The standard InChI is InChI=1S/C19H27N3O3/c1-13(2)20-19(25)17(15-9-11-22(12-10-15)14(3)23)21-18(24)16-7-5-4-6-8-16/h4-8,13,15,17H,9-12H2,1-3H3,(H,20,25)(H,21,24)/t17-/m0/s1. The highest BCUT2D eigenvalue weighted by molar-refractivity contribution is 5.97. The largest absolute Gasteiger partial charge is 0.352 e. The van der Waals surface area contributed by atoms with Gasteiger partial charge in [0.05, 0.1) is 0 Å². The van der Waals surface area contributed by atoms with Crippen LogP contribution in [0.5, 0.6) is 0 Å². The van der Waals surface area contributed by atoms with Crippen LogP contribution >= 0.6 is 0 Å². The number of amides is 3. The molecule has 136 valence electrons. The molecule has 0 aliphatic carbocycles. The molecule has 1 aliphatic rings. The quantitative estimate of drug-likeness (QED) is 0.850. The zero-order chi connectivity index (χ0) is 18.4. The monoisotopic (exact) mass is 345 g/mol. The van der Waals surface area contributed by atoms with Crippen molar-refractivity contribution in [2.45, 2.75) is 45.7 Å². The van der Waals surface area contributed by atoms with E-state index in [1.807, 2.05) is 19.9 Å². The molecule has 2 N–H and O–H groups in total. The molecule has 6 nitrogen and oxygen atoms in total. The van der Waals surface area contributed by atoms with Gasteiger partial charge in [0.2, 0.25) is 11.8 Å². The third-order valence-corrected chi connectivity index (χ3v) is 4.49. The summed E-state index contributed by atoms with van der Waals surface area (Å²) >= 11 is 0. The summed E-state index contributed by atoms with van der Waals surface area (Å²) in [5.41, 5.74) is 0.533. The van der Waals surface area contributed by atoms with E-state index in [4.69, 9.17) is 0 Å². The van der Waals surface area contributed by atoms with Crippen molar-refractivity contribution in [1.29, 1.82) is 0 Å². The van der Waals surface area contributed by atoms with Gasteiger partial charge in [-0.3, -0.25) is 14.4 Å². The number of nitrogens with one attached hydrogen (secondary N) is 2. The van der Waals surface area contributed by atoms with Crippen LogP contribution in [0, 0.1) is 5.92 Å². The molecule has 0 spiro atoms. The first-order chi connectivity index (χ1) is 11.9. The zero-order valence-corrected chi connectivity index (χ0v) is 15.1. The van der Waals surface area contributed by atoms with E-state index in [-0.39, 0.29) is 29.7 Å².